The summed E-state index contributed by atoms with van der Waals surface area (Å²) in [6, 6.07) is 19.8. The number of aromatic nitrogens is 1. The van der Waals surface area contributed by atoms with E-state index >= 15 is 0 Å². The maximum Gasteiger partial charge on any atom is 0.416 e. The highest BCUT2D eigenvalue weighted by Gasteiger charge is 2.32. The number of nitrogens with zero attached hydrogens (tertiary/aromatic N) is 3. The monoisotopic (exact) mass is 685 g/mol. The number of halogens is 3. The van der Waals surface area contributed by atoms with Gasteiger partial charge in [-0.1, -0.05) is 30.3 Å². The molecule has 3 amide bonds. The normalized spacial score (nSPS) is 16.3. The Labute approximate surface area is 288 Å². The van der Waals surface area contributed by atoms with Crippen LogP contribution in [-0.2, 0) is 17.3 Å². The van der Waals surface area contributed by atoms with Crippen LogP contribution in [0.15, 0.2) is 85.1 Å². The number of anilines is 1. The number of morpholine rings is 1. The molecule has 2 N–H and O–H groups in total. The molecule has 0 bridgehead atoms. The molecule has 0 saturated carbocycles. The van der Waals surface area contributed by atoms with Gasteiger partial charge in [-0.2, -0.15) is 13.2 Å². The molecule has 6 rings (SSSR count). The van der Waals surface area contributed by atoms with E-state index in [9.17, 15) is 27.6 Å². The van der Waals surface area contributed by atoms with Crippen molar-refractivity contribution in [2.24, 2.45) is 0 Å². The van der Waals surface area contributed by atoms with E-state index in [0.717, 1.165) is 56.1 Å². The van der Waals surface area contributed by atoms with Crippen LogP contribution in [0.4, 0.5) is 18.9 Å². The van der Waals surface area contributed by atoms with Crippen LogP contribution in [-0.4, -0.2) is 78.9 Å². The summed E-state index contributed by atoms with van der Waals surface area (Å²) < 4.78 is 47.0. The van der Waals surface area contributed by atoms with E-state index < -0.39 is 17.6 Å². The first kappa shape index (κ1) is 34.8. The van der Waals surface area contributed by atoms with Crippen LogP contribution in [0.3, 0.4) is 0 Å². The number of aryl methyl sites for hydroxylation is 1. The number of ether oxygens (including phenoxy) is 1. The van der Waals surface area contributed by atoms with Crippen molar-refractivity contribution in [2.75, 3.05) is 51.8 Å². The summed E-state index contributed by atoms with van der Waals surface area (Å²) in [4.78, 5) is 48.2. The summed E-state index contributed by atoms with van der Waals surface area (Å²) in [6.45, 7) is 4.08. The molecule has 4 aromatic rings. The van der Waals surface area contributed by atoms with Gasteiger partial charge in [-0.05, 0) is 78.9 Å². The first-order valence-electron chi connectivity index (χ1n) is 16.6. The first-order chi connectivity index (χ1) is 24.1. The second-order valence-electron chi connectivity index (χ2n) is 12.5. The molecule has 1 saturated heterocycles. The Balaban J connectivity index is 1.21. The highest BCUT2D eigenvalue weighted by Crippen LogP contribution is 2.36. The standard InChI is InChI=1S/C38H38F3N5O4/c1-45(16-17-46-18-20-50-21-19-46)37(49)28-9-4-8-26(22-28)35(47)44-33-13-12-29(38(39,40)41)24-31(33)34-23-27(14-15-42-34)36(48)43-32-11-5-7-25-6-2-3-10-30(25)32/h2-4,6,8-10,12-15,22-24,32H,5,7,11,16-21H2,1H3,(H,43,48)(H,44,47). The molecule has 2 heterocycles. The zero-order valence-electron chi connectivity index (χ0n) is 27.6. The van der Waals surface area contributed by atoms with E-state index in [-0.39, 0.29) is 45.9 Å². The molecule has 0 radical (unpaired) electrons. The maximum atomic E-state index is 13.9. The Hall–Kier alpha value is -5.07. The molecule has 1 aromatic heterocycles. The van der Waals surface area contributed by atoms with E-state index in [1.54, 1.807) is 24.1 Å². The lowest BCUT2D eigenvalue weighted by atomic mass is 9.87. The molecule has 1 aliphatic carbocycles. The summed E-state index contributed by atoms with van der Waals surface area (Å²) in [5.41, 5.74) is 2.09. The van der Waals surface area contributed by atoms with Crippen LogP contribution in [0.25, 0.3) is 11.3 Å². The van der Waals surface area contributed by atoms with Gasteiger partial charge < -0.3 is 20.3 Å². The SMILES string of the molecule is CN(CCN1CCOCC1)C(=O)c1cccc(C(=O)Nc2ccc(C(F)(F)F)cc2-c2cc(C(=O)NC3CCCc4ccccc43)ccn2)c1. The van der Waals surface area contributed by atoms with Crippen molar-refractivity contribution in [1.29, 1.82) is 0 Å². The van der Waals surface area contributed by atoms with Gasteiger partial charge in [0, 0.05) is 61.7 Å². The molecule has 2 aliphatic rings. The quantitative estimate of drug-likeness (QED) is 0.217. The Morgan fingerprint density at radius 2 is 1.68 bits per heavy atom. The average Bonchev–Trinajstić information content (AvgIpc) is 3.14. The number of rotatable bonds is 9. The van der Waals surface area contributed by atoms with Crippen molar-refractivity contribution < 1.29 is 32.3 Å². The predicted molar refractivity (Wildman–Crippen MR) is 183 cm³/mol. The van der Waals surface area contributed by atoms with Gasteiger partial charge in [0.05, 0.1) is 36.2 Å². The zero-order chi connectivity index (χ0) is 35.3. The summed E-state index contributed by atoms with van der Waals surface area (Å²) >= 11 is 0. The lowest BCUT2D eigenvalue weighted by Gasteiger charge is -2.28. The number of carbonyl (C=O) groups excluding carboxylic acids is 3. The van der Waals surface area contributed by atoms with Crippen LogP contribution in [0.1, 0.15) is 66.6 Å². The van der Waals surface area contributed by atoms with E-state index in [0.29, 0.717) is 31.9 Å². The molecule has 1 aliphatic heterocycles. The lowest BCUT2D eigenvalue weighted by Crippen LogP contribution is -2.41. The Bertz CT molecular complexity index is 1880. The van der Waals surface area contributed by atoms with Crippen molar-refractivity contribution in [3.05, 3.63) is 118 Å². The van der Waals surface area contributed by atoms with Gasteiger partial charge in [-0.15, -0.1) is 0 Å². The fourth-order valence-corrected chi connectivity index (χ4v) is 6.33. The van der Waals surface area contributed by atoms with Gasteiger partial charge in [-0.25, -0.2) is 0 Å². The number of hydrogen-bond acceptors (Lipinski definition) is 6. The van der Waals surface area contributed by atoms with Gasteiger partial charge in [0.2, 0.25) is 0 Å². The van der Waals surface area contributed by atoms with Gasteiger partial charge in [0.15, 0.2) is 0 Å². The molecule has 50 heavy (non-hydrogen) atoms. The van der Waals surface area contributed by atoms with Crippen molar-refractivity contribution in [3.63, 3.8) is 0 Å². The van der Waals surface area contributed by atoms with Gasteiger partial charge in [0.25, 0.3) is 17.7 Å². The van der Waals surface area contributed by atoms with Gasteiger partial charge in [0.1, 0.15) is 0 Å². The minimum absolute atomic E-state index is 0.0130. The molecule has 260 valence electrons. The predicted octanol–water partition coefficient (Wildman–Crippen LogP) is 6.23. The Kier molecular flexibility index (Phi) is 10.6. The van der Waals surface area contributed by atoms with E-state index in [4.69, 9.17) is 4.74 Å². The van der Waals surface area contributed by atoms with Crippen molar-refractivity contribution >= 4 is 23.4 Å². The molecule has 12 heteroatoms. The van der Waals surface area contributed by atoms with Crippen LogP contribution in [0, 0.1) is 0 Å². The third-order valence-electron chi connectivity index (χ3n) is 9.14. The fraction of sp³-hybridized carbons (Fsp3) is 0.316. The highest BCUT2D eigenvalue weighted by molar-refractivity contribution is 6.08. The van der Waals surface area contributed by atoms with Gasteiger partial charge in [-0.3, -0.25) is 24.3 Å². The zero-order valence-corrected chi connectivity index (χ0v) is 27.6. The van der Waals surface area contributed by atoms with Crippen molar-refractivity contribution in [3.8, 4) is 11.3 Å². The van der Waals surface area contributed by atoms with Crippen molar-refractivity contribution in [1.82, 2.24) is 20.1 Å². The first-order valence-corrected chi connectivity index (χ1v) is 16.6. The number of fused-ring (bicyclic) bond motifs is 1. The topological polar surface area (TPSA) is 104 Å². The second-order valence-corrected chi connectivity index (χ2v) is 12.5. The van der Waals surface area contributed by atoms with Crippen LogP contribution >= 0.6 is 0 Å². The third kappa shape index (κ3) is 8.20. The van der Waals surface area contributed by atoms with Gasteiger partial charge >= 0.3 is 6.18 Å². The second kappa shape index (κ2) is 15.2. The number of nitrogens with one attached hydrogen (secondary N) is 2. The molecular weight excluding hydrogens is 647 g/mol. The highest BCUT2D eigenvalue weighted by atomic mass is 19.4. The number of benzene rings is 3. The number of likely N-dealkylation sites (N-methyl/N-ethyl adjacent to an activating group) is 1. The van der Waals surface area contributed by atoms with Crippen molar-refractivity contribution in [2.45, 2.75) is 31.5 Å². The van der Waals surface area contributed by atoms with Crippen LogP contribution in [0.2, 0.25) is 0 Å². The number of alkyl halides is 3. The minimum Gasteiger partial charge on any atom is -0.379 e. The summed E-state index contributed by atoms with van der Waals surface area (Å²) in [6.07, 6.45) is -0.695. The summed E-state index contributed by atoms with van der Waals surface area (Å²) in [5, 5.41) is 5.77. The molecule has 9 nitrogen and oxygen atoms in total. The van der Waals surface area contributed by atoms with E-state index in [1.807, 2.05) is 24.3 Å². The molecule has 1 atom stereocenters. The number of carbonyl (C=O) groups is 3. The average molecular weight is 686 g/mol. The maximum absolute atomic E-state index is 13.9. The van der Waals surface area contributed by atoms with E-state index in [2.05, 4.69) is 20.5 Å². The Morgan fingerprint density at radius 3 is 2.48 bits per heavy atom. The lowest BCUT2D eigenvalue weighted by molar-refractivity contribution is -0.137. The molecule has 0 spiro atoms. The minimum atomic E-state index is -4.66. The van der Waals surface area contributed by atoms with E-state index in [1.165, 1.54) is 36.0 Å². The molecule has 1 unspecified atom stereocenters. The van der Waals surface area contributed by atoms with Crippen LogP contribution < -0.4 is 10.6 Å². The number of hydrogen-bond donors (Lipinski definition) is 2. The fourth-order valence-electron chi connectivity index (χ4n) is 6.33. The number of pyridine rings is 1. The largest absolute Gasteiger partial charge is 0.416 e. The van der Waals surface area contributed by atoms with Crippen LogP contribution in [0.5, 0.6) is 0 Å². The molecule has 1 fully saturated rings. The Morgan fingerprint density at radius 1 is 0.920 bits per heavy atom. The molecular formula is C38H38F3N5O4. The number of amides is 3. The smallest absolute Gasteiger partial charge is 0.379 e. The molecule has 3 aromatic carbocycles. The third-order valence-corrected chi connectivity index (χ3v) is 9.14. The summed E-state index contributed by atoms with van der Waals surface area (Å²) in [7, 11) is 1.69. The summed E-state index contributed by atoms with van der Waals surface area (Å²) in [5.74, 6) is -1.27.